The number of rotatable bonds is 7. The summed E-state index contributed by atoms with van der Waals surface area (Å²) in [6.45, 7) is 11.4. The summed E-state index contributed by atoms with van der Waals surface area (Å²) in [5, 5.41) is 19.7. The molecule has 1 aromatic carbocycles. The van der Waals surface area contributed by atoms with Crippen molar-refractivity contribution >= 4 is 39.0 Å². The van der Waals surface area contributed by atoms with Gasteiger partial charge in [0, 0.05) is 95.2 Å². The van der Waals surface area contributed by atoms with E-state index in [1.165, 1.54) is 25.1 Å². The molecule has 5 N–H and O–H groups in total. The van der Waals surface area contributed by atoms with Crippen LogP contribution in [-0.4, -0.2) is 46.7 Å². The smallest absolute Gasteiger partial charge is 0.319 e. The predicted molar refractivity (Wildman–Crippen MR) is 198 cm³/mol. The molecule has 3 rings (SSSR count). The van der Waals surface area contributed by atoms with Crippen LogP contribution in [-0.2, 0) is 25.6 Å². The number of aromatic amines is 1. The molecule has 3 amide bonds. The Bertz CT molecular complexity index is 2590. The van der Waals surface area contributed by atoms with E-state index < -0.39 is 27.4 Å². The highest BCUT2D eigenvalue weighted by atomic mass is 32.2. The number of aromatic nitrogens is 4. The Morgan fingerprint density at radius 3 is 1.90 bits per heavy atom. The van der Waals surface area contributed by atoms with Crippen LogP contribution in [0.2, 0.25) is 0 Å². The van der Waals surface area contributed by atoms with Crippen LogP contribution in [0.4, 0.5) is 16.2 Å². The highest BCUT2D eigenvalue weighted by Gasteiger charge is 2.30. The number of carbonyl (C=O) groups is 2. The zero-order valence-electron chi connectivity index (χ0n) is 29.0. The SMILES string of the molecule is C#CC#CC#CC#CC#CC#CC#CC#CC#CNS(=O)(=O)c1cc(NC(C)=O)ccc1NC(=O)NCC(C)(C)c1nnc2cc(C(C)(C)C)[nH]n12. The van der Waals surface area contributed by atoms with Crippen LogP contribution in [0.15, 0.2) is 29.2 Å². The lowest BCUT2D eigenvalue weighted by molar-refractivity contribution is -0.114. The molecule has 0 bridgehead atoms. The number of urea groups is 1. The largest absolute Gasteiger partial charge is 0.337 e. The van der Waals surface area contributed by atoms with Crippen molar-refractivity contribution in [3.63, 3.8) is 0 Å². The van der Waals surface area contributed by atoms with Gasteiger partial charge in [-0.1, -0.05) is 34.6 Å². The molecule has 0 aliphatic heterocycles. The predicted octanol–water partition coefficient (Wildman–Crippen LogP) is 2.31. The molecule has 12 nitrogen and oxygen atoms in total. The fraction of sp³-hybridized carbons (Fsp3) is 0.231. The lowest BCUT2D eigenvalue weighted by Crippen LogP contribution is -2.40. The highest BCUT2D eigenvalue weighted by molar-refractivity contribution is 7.89. The maximum Gasteiger partial charge on any atom is 0.319 e. The first kappa shape index (κ1) is 38.9. The van der Waals surface area contributed by atoms with E-state index in [-0.39, 0.29) is 28.2 Å². The summed E-state index contributed by atoms with van der Waals surface area (Å²) in [4.78, 5) is 24.3. The maximum absolute atomic E-state index is 13.2. The molecule has 2 heterocycles. The number of amides is 3. The molecule has 0 unspecified atom stereocenters. The average Bonchev–Trinajstić information content (AvgIpc) is 3.68. The van der Waals surface area contributed by atoms with E-state index in [0.717, 1.165) is 5.69 Å². The van der Waals surface area contributed by atoms with Crippen molar-refractivity contribution in [3.8, 4) is 107 Å². The Balaban J connectivity index is 1.70. The molecule has 0 saturated heterocycles. The molecule has 0 aliphatic carbocycles. The molecule has 0 radical (unpaired) electrons. The van der Waals surface area contributed by atoms with Crippen molar-refractivity contribution < 1.29 is 18.0 Å². The number of sulfonamides is 1. The third kappa shape index (κ3) is 11.8. The summed E-state index contributed by atoms with van der Waals surface area (Å²) in [5.74, 6) is 38.5. The van der Waals surface area contributed by atoms with Crippen LogP contribution in [0.1, 0.15) is 53.1 Å². The lowest BCUT2D eigenvalue weighted by Gasteiger charge is -2.23. The average molecular weight is 707 g/mol. The fourth-order valence-corrected chi connectivity index (χ4v) is 4.89. The van der Waals surface area contributed by atoms with E-state index in [4.69, 9.17) is 6.42 Å². The minimum Gasteiger partial charge on any atom is -0.337 e. The van der Waals surface area contributed by atoms with Crippen molar-refractivity contribution in [3.05, 3.63) is 35.8 Å². The van der Waals surface area contributed by atoms with Crippen molar-refractivity contribution in [2.24, 2.45) is 0 Å². The third-order valence-electron chi connectivity index (χ3n) is 6.33. The lowest BCUT2D eigenvalue weighted by atomic mass is 9.92. The molecule has 0 spiro atoms. The van der Waals surface area contributed by atoms with Gasteiger partial charge < -0.3 is 16.0 Å². The molecular formula is C39H30N8O4S. The van der Waals surface area contributed by atoms with Gasteiger partial charge in [-0.15, -0.1) is 16.6 Å². The van der Waals surface area contributed by atoms with Gasteiger partial charge in [-0.3, -0.25) is 9.89 Å². The molecule has 52 heavy (non-hydrogen) atoms. The van der Waals surface area contributed by atoms with E-state index in [2.05, 4.69) is 158 Å². The first-order chi connectivity index (χ1) is 24.6. The normalized spacial score (nSPS) is 9.63. The van der Waals surface area contributed by atoms with Gasteiger partial charge in [-0.05, 0) is 65.6 Å². The molecule has 0 atom stereocenters. The Hall–Kier alpha value is -7.57. The van der Waals surface area contributed by atoms with Gasteiger partial charge in [0.25, 0.3) is 10.0 Å². The minimum atomic E-state index is -4.35. The van der Waals surface area contributed by atoms with Gasteiger partial charge in [0.15, 0.2) is 11.5 Å². The second-order valence-electron chi connectivity index (χ2n) is 12.0. The number of benzene rings is 1. The molecular weight excluding hydrogens is 677 g/mol. The highest BCUT2D eigenvalue weighted by Crippen LogP contribution is 2.27. The zero-order chi connectivity index (χ0) is 38.2. The molecule has 256 valence electrons. The molecule has 0 aliphatic rings. The topological polar surface area (TPSA) is 162 Å². The Kier molecular flexibility index (Phi) is 13.2. The maximum atomic E-state index is 13.2. The van der Waals surface area contributed by atoms with Crippen LogP contribution < -0.4 is 20.7 Å². The Labute approximate surface area is 303 Å². The summed E-state index contributed by atoms with van der Waals surface area (Å²) >= 11 is 0. The molecule has 2 aromatic heterocycles. The number of nitrogens with zero attached hydrogens (tertiary/aromatic N) is 3. The second-order valence-corrected chi connectivity index (χ2v) is 13.6. The van der Waals surface area contributed by atoms with Crippen molar-refractivity contribution in [1.29, 1.82) is 0 Å². The van der Waals surface area contributed by atoms with E-state index in [1.807, 2.05) is 19.9 Å². The van der Waals surface area contributed by atoms with Crippen LogP contribution >= 0.6 is 0 Å². The second kappa shape index (κ2) is 17.7. The minimum absolute atomic E-state index is 0.0744. The van der Waals surface area contributed by atoms with E-state index in [9.17, 15) is 18.0 Å². The van der Waals surface area contributed by atoms with Gasteiger partial charge in [-0.2, -0.15) is 0 Å². The standard InChI is InChI=1S/C39H30N8O4S/c1-8-9-10-11-12-13-14-15-16-17-18-19-20-21-22-23-26-41-52(50,51)33-27-31(42-30(2)48)24-25-32(33)43-37(49)40-29-39(6,7)36-45-44-35-28-34(38(3,4)5)46-47(35)36/h1,24-25,27-28,41,46H,29H2,2-7H3,(H,42,48)(H2,40,43,49). The van der Waals surface area contributed by atoms with Gasteiger partial charge in [-0.25, -0.2) is 22.4 Å². The number of hydrogen-bond acceptors (Lipinski definition) is 6. The van der Waals surface area contributed by atoms with Crippen molar-refractivity contribution in [1.82, 2.24) is 29.9 Å². The fourth-order valence-electron chi connectivity index (χ4n) is 3.90. The van der Waals surface area contributed by atoms with Gasteiger partial charge in [0.2, 0.25) is 5.91 Å². The van der Waals surface area contributed by atoms with Crippen LogP contribution in [0.5, 0.6) is 0 Å². The van der Waals surface area contributed by atoms with Crippen molar-refractivity contribution in [2.45, 2.75) is 57.3 Å². The number of carbonyl (C=O) groups excluding carboxylic acids is 2. The van der Waals surface area contributed by atoms with Crippen LogP contribution in [0.25, 0.3) is 5.65 Å². The van der Waals surface area contributed by atoms with Crippen molar-refractivity contribution in [2.75, 3.05) is 17.2 Å². The summed E-state index contributed by atoms with van der Waals surface area (Å²) in [6, 6.07) is 7.43. The van der Waals surface area contributed by atoms with Crippen LogP contribution in [0.3, 0.4) is 0 Å². The van der Waals surface area contributed by atoms with Gasteiger partial charge >= 0.3 is 6.03 Å². The molecule has 3 aromatic rings. The Morgan fingerprint density at radius 1 is 0.808 bits per heavy atom. The quantitative estimate of drug-likeness (QED) is 0.187. The van der Waals surface area contributed by atoms with E-state index in [0.29, 0.717) is 11.5 Å². The summed E-state index contributed by atoms with van der Waals surface area (Å²) in [7, 11) is -4.35. The monoisotopic (exact) mass is 706 g/mol. The summed E-state index contributed by atoms with van der Waals surface area (Å²) in [6.07, 6.45) is 4.96. The summed E-state index contributed by atoms with van der Waals surface area (Å²) < 4.78 is 30.4. The first-order valence-corrected chi connectivity index (χ1v) is 16.5. The molecule has 0 fully saturated rings. The van der Waals surface area contributed by atoms with E-state index >= 15 is 0 Å². The third-order valence-corrected chi connectivity index (χ3v) is 7.62. The number of H-pyrrole nitrogens is 1. The Morgan fingerprint density at radius 2 is 1.37 bits per heavy atom. The molecule has 0 saturated carbocycles. The van der Waals surface area contributed by atoms with Gasteiger partial charge in [0.05, 0.1) is 5.69 Å². The number of anilines is 2. The van der Waals surface area contributed by atoms with Gasteiger partial charge in [0.1, 0.15) is 4.90 Å². The van der Waals surface area contributed by atoms with Crippen LogP contribution in [0, 0.1) is 107 Å². The number of fused-ring (bicyclic) bond motifs is 1. The number of nitrogens with one attached hydrogen (secondary N) is 5. The summed E-state index contributed by atoms with van der Waals surface area (Å²) in [5.41, 5.74) is 0.891. The zero-order valence-corrected chi connectivity index (χ0v) is 29.8. The first-order valence-electron chi connectivity index (χ1n) is 15.0. The number of terminal acetylenes is 1. The molecule has 13 heteroatoms. The van der Waals surface area contributed by atoms with E-state index in [1.54, 1.807) is 4.52 Å². The number of hydrogen-bond donors (Lipinski definition) is 5.